The van der Waals surface area contributed by atoms with Gasteiger partial charge in [-0.25, -0.2) is 0 Å². The van der Waals surface area contributed by atoms with Crippen molar-refractivity contribution >= 4 is 17.4 Å². The number of ether oxygens (including phenoxy) is 1. The third kappa shape index (κ3) is 3.32. The lowest BCUT2D eigenvalue weighted by Gasteiger charge is -2.31. The summed E-state index contributed by atoms with van der Waals surface area (Å²) in [5, 5.41) is 8.82. The molecule has 118 valence electrons. The standard InChI is InChI=1S/C16H16N4O2S/c1-22-15-8-14(23-19-15)16(21)20-6-4-12(5-7-20)13-3-2-11(9-17)10-18-13/h2-3,8,10,12H,4-7H2,1H3. The molecule has 0 spiro atoms. The SMILES string of the molecule is COc1cc(C(=O)N2CCC(c3ccc(C#N)cn3)CC2)sn1. The normalized spacial score (nSPS) is 15.2. The maximum absolute atomic E-state index is 12.4. The van der Waals surface area contributed by atoms with Gasteiger partial charge in [-0.2, -0.15) is 9.64 Å². The van der Waals surface area contributed by atoms with Crippen LogP contribution < -0.4 is 4.74 Å². The lowest BCUT2D eigenvalue weighted by Crippen LogP contribution is -2.37. The highest BCUT2D eigenvalue weighted by atomic mass is 32.1. The predicted molar refractivity (Wildman–Crippen MR) is 85.5 cm³/mol. The van der Waals surface area contributed by atoms with Crippen LogP contribution in [0.2, 0.25) is 0 Å². The van der Waals surface area contributed by atoms with Crippen LogP contribution in [0, 0.1) is 11.3 Å². The molecule has 1 fully saturated rings. The fourth-order valence-corrected chi connectivity index (χ4v) is 3.38. The van der Waals surface area contributed by atoms with Gasteiger partial charge >= 0.3 is 0 Å². The maximum Gasteiger partial charge on any atom is 0.265 e. The number of carbonyl (C=O) groups excluding carboxylic acids is 1. The molecule has 2 aromatic rings. The summed E-state index contributed by atoms with van der Waals surface area (Å²) in [5.74, 6) is 0.829. The Morgan fingerprint density at radius 1 is 1.43 bits per heavy atom. The molecule has 0 aliphatic carbocycles. The van der Waals surface area contributed by atoms with E-state index in [1.54, 1.807) is 25.4 Å². The van der Waals surface area contributed by atoms with E-state index in [4.69, 9.17) is 10.00 Å². The van der Waals surface area contributed by atoms with Gasteiger partial charge in [0.1, 0.15) is 10.9 Å². The first-order valence-corrected chi connectivity index (χ1v) is 8.14. The highest BCUT2D eigenvalue weighted by Crippen LogP contribution is 2.28. The van der Waals surface area contributed by atoms with E-state index in [2.05, 4.69) is 15.4 Å². The van der Waals surface area contributed by atoms with E-state index in [0.29, 0.717) is 35.3 Å². The molecule has 0 radical (unpaired) electrons. The molecule has 7 heteroatoms. The number of pyridine rings is 1. The van der Waals surface area contributed by atoms with Crippen molar-refractivity contribution in [3.05, 3.63) is 40.5 Å². The summed E-state index contributed by atoms with van der Waals surface area (Å²) in [6.07, 6.45) is 3.36. The van der Waals surface area contributed by atoms with E-state index in [1.807, 2.05) is 11.0 Å². The van der Waals surface area contributed by atoms with Gasteiger partial charge in [-0.15, -0.1) is 0 Å². The first kappa shape index (κ1) is 15.4. The first-order chi connectivity index (χ1) is 11.2. The molecule has 3 rings (SSSR count). The number of amides is 1. The summed E-state index contributed by atoms with van der Waals surface area (Å²) in [7, 11) is 1.54. The molecule has 0 bridgehead atoms. The van der Waals surface area contributed by atoms with Crippen molar-refractivity contribution < 1.29 is 9.53 Å². The van der Waals surface area contributed by atoms with Gasteiger partial charge in [-0.1, -0.05) is 0 Å². The van der Waals surface area contributed by atoms with Gasteiger partial charge in [0.2, 0.25) is 5.88 Å². The molecule has 0 saturated carbocycles. The number of carbonyl (C=O) groups is 1. The van der Waals surface area contributed by atoms with Crippen molar-refractivity contribution in [1.82, 2.24) is 14.3 Å². The first-order valence-electron chi connectivity index (χ1n) is 7.37. The van der Waals surface area contributed by atoms with Crippen LogP contribution in [0.5, 0.6) is 5.88 Å². The monoisotopic (exact) mass is 328 g/mol. The van der Waals surface area contributed by atoms with Crippen LogP contribution in [0.4, 0.5) is 0 Å². The van der Waals surface area contributed by atoms with Gasteiger partial charge in [0.15, 0.2) is 0 Å². The van der Waals surface area contributed by atoms with Crippen LogP contribution >= 0.6 is 11.5 Å². The molecule has 0 aromatic carbocycles. The Kier molecular flexibility index (Phi) is 4.53. The molecule has 2 aromatic heterocycles. The maximum atomic E-state index is 12.4. The van der Waals surface area contributed by atoms with E-state index in [0.717, 1.165) is 18.5 Å². The van der Waals surface area contributed by atoms with Gasteiger partial charge in [0, 0.05) is 37.0 Å². The zero-order valence-corrected chi connectivity index (χ0v) is 13.5. The fourth-order valence-electron chi connectivity index (χ4n) is 2.70. The molecule has 23 heavy (non-hydrogen) atoms. The highest BCUT2D eigenvalue weighted by molar-refractivity contribution is 7.08. The summed E-state index contributed by atoms with van der Waals surface area (Å²) in [6.45, 7) is 1.40. The Hall–Kier alpha value is -2.46. The third-order valence-corrected chi connectivity index (χ3v) is 4.78. The van der Waals surface area contributed by atoms with Crippen LogP contribution in [0.25, 0.3) is 0 Å². The second kappa shape index (κ2) is 6.75. The minimum Gasteiger partial charge on any atom is -0.480 e. The van der Waals surface area contributed by atoms with Gasteiger partial charge < -0.3 is 9.64 Å². The number of methoxy groups -OCH3 is 1. The molecule has 1 amide bonds. The lowest BCUT2D eigenvalue weighted by molar-refractivity contribution is 0.0717. The quantitative estimate of drug-likeness (QED) is 0.864. The van der Waals surface area contributed by atoms with Crippen LogP contribution in [-0.2, 0) is 0 Å². The second-order valence-corrected chi connectivity index (χ2v) is 6.19. The number of nitrogens with zero attached hydrogens (tertiary/aromatic N) is 4. The molecule has 3 heterocycles. The van der Waals surface area contributed by atoms with Crippen molar-refractivity contribution in [3.63, 3.8) is 0 Å². The zero-order chi connectivity index (χ0) is 16.2. The molecule has 1 saturated heterocycles. The summed E-state index contributed by atoms with van der Waals surface area (Å²) in [5.41, 5.74) is 1.57. The summed E-state index contributed by atoms with van der Waals surface area (Å²) in [6, 6.07) is 7.46. The number of aromatic nitrogens is 2. The van der Waals surface area contributed by atoms with E-state index < -0.39 is 0 Å². The second-order valence-electron chi connectivity index (χ2n) is 5.38. The van der Waals surface area contributed by atoms with Crippen molar-refractivity contribution in [2.45, 2.75) is 18.8 Å². The van der Waals surface area contributed by atoms with Crippen molar-refractivity contribution in [2.75, 3.05) is 20.2 Å². The van der Waals surface area contributed by atoms with E-state index in [9.17, 15) is 4.79 Å². The van der Waals surface area contributed by atoms with E-state index in [1.165, 1.54) is 11.5 Å². The minimum atomic E-state index is 0.0111. The smallest absolute Gasteiger partial charge is 0.265 e. The van der Waals surface area contributed by atoms with E-state index in [-0.39, 0.29) is 5.91 Å². The predicted octanol–water partition coefficient (Wildman–Crippen LogP) is 2.44. The largest absolute Gasteiger partial charge is 0.480 e. The molecule has 6 nitrogen and oxygen atoms in total. The average Bonchev–Trinajstić information content (AvgIpc) is 3.10. The number of nitriles is 1. The van der Waals surface area contributed by atoms with Gasteiger partial charge in [-0.05, 0) is 36.5 Å². The van der Waals surface area contributed by atoms with Gasteiger partial charge in [0.05, 0.1) is 12.7 Å². The Balaban J connectivity index is 1.61. The topological polar surface area (TPSA) is 79.1 Å². The van der Waals surface area contributed by atoms with Gasteiger partial charge in [0.25, 0.3) is 5.91 Å². The zero-order valence-electron chi connectivity index (χ0n) is 12.7. The van der Waals surface area contributed by atoms with Gasteiger partial charge in [-0.3, -0.25) is 9.78 Å². The van der Waals surface area contributed by atoms with Crippen molar-refractivity contribution in [3.8, 4) is 11.9 Å². The lowest BCUT2D eigenvalue weighted by atomic mass is 9.93. The van der Waals surface area contributed by atoms with Crippen molar-refractivity contribution in [1.29, 1.82) is 5.26 Å². The number of hydrogen-bond acceptors (Lipinski definition) is 6. The van der Waals surface area contributed by atoms with E-state index >= 15 is 0 Å². The number of rotatable bonds is 3. The Morgan fingerprint density at radius 2 is 2.22 bits per heavy atom. The van der Waals surface area contributed by atoms with Crippen LogP contribution in [0.15, 0.2) is 24.4 Å². The van der Waals surface area contributed by atoms with Crippen LogP contribution in [0.3, 0.4) is 0 Å². The summed E-state index contributed by atoms with van der Waals surface area (Å²) >= 11 is 1.17. The fraction of sp³-hybridized carbons (Fsp3) is 0.375. The molecule has 0 N–H and O–H groups in total. The highest BCUT2D eigenvalue weighted by Gasteiger charge is 2.26. The Morgan fingerprint density at radius 3 is 2.78 bits per heavy atom. The average molecular weight is 328 g/mol. The summed E-state index contributed by atoms with van der Waals surface area (Å²) in [4.78, 5) is 19.3. The molecular formula is C16H16N4O2S. The Bertz CT molecular complexity index is 727. The minimum absolute atomic E-state index is 0.0111. The number of piperidine rings is 1. The summed E-state index contributed by atoms with van der Waals surface area (Å²) < 4.78 is 9.09. The molecule has 1 aliphatic rings. The molecular weight excluding hydrogens is 312 g/mol. The molecule has 1 aliphatic heterocycles. The molecule has 0 atom stereocenters. The van der Waals surface area contributed by atoms with Crippen LogP contribution in [0.1, 0.15) is 39.7 Å². The Labute approximate surface area is 138 Å². The number of hydrogen-bond donors (Lipinski definition) is 0. The van der Waals surface area contributed by atoms with Crippen LogP contribution in [-0.4, -0.2) is 40.4 Å². The third-order valence-electron chi connectivity index (χ3n) is 4.02. The number of likely N-dealkylation sites (tertiary alicyclic amines) is 1. The van der Waals surface area contributed by atoms with Crippen molar-refractivity contribution in [2.24, 2.45) is 0 Å². The molecule has 0 unspecified atom stereocenters.